The van der Waals surface area contributed by atoms with E-state index >= 15 is 0 Å². The van der Waals surface area contributed by atoms with E-state index in [2.05, 4.69) is 11.8 Å². The van der Waals surface area contributed by atoms with E-state index < -0.39 is 18.1 Å². The molecule has 6 nitrogen and oxygen atoms in total. The van der Waals surface area contributed by atoms with Crippen LogP contribution in [0, 0.1) is 11.8 Å². The number of amides is 1. The lowest BCUT2D eigenvalue weighted by Gasteiger charge is -2.42. The molecule has 1 fully saturated rings. The van der Waals surface area contributed by atoms with Gasteiger partial charge in [0.05, 0.1) is 6.10 Å². The van der Waals surface area contributed by atoms with Crippen molar-refractivity contribution < 1.29 is 19.4 Å². The Hall–Kier alpha value is -0.850. The van der Waals surface area contributed by atoms with E-state index in [1.807, 2.05) is 41.5 Å². The van der Waals surface area contributed by atoms with E-state index in [0.717, 1.165) is 19.6 Å². The second-order valence-corrected chi connectivity index (χ2v) is 7.76. The van der Waals surface area contributed by atoms with Gasteiger partial charge in [0.2, 0.25) is 6.41 Å². The SMILES string of the molecule is CCN1CC(CN(C(=O)OC(C)(C)C)C(O)OC(C)C(C)C)C1. The van der Waals surface area contributed by atoms with Gasteiger partial charge in [0, 0.05) is 25.6 Å². The zero-order valence-corrected chi connectivity index (χ0v) is 15.7. The topological polar surface area (TPSA) is 62.2 Å². The molecule has 6 heteroatoms. The summed E-state index contributed by atoms with van der Waals surface area (Å²) in [6, 6.07) is 0. The third kappa shape index (κ3) is 6.65. The van der Waals surface area contributed by atoms with Gasteiger partial charge in [-0.15, -0.1) is 0 Å². The number of carbonyl (C=O) groups is 1. The summed E-state index contributed by atoms with van der Waals surface area (Å²) in [5, 5.41) is 10.4. The van der Waals surface area contributed by atoms with Gasteiger partial charge in [0.15, 0.2) is 0 Å². The lowest BCUT2D eigenvalue weighted by molar-refractivity contribution is -0.217. The van der Waals surface area contributed by atoms with Gasteiger partial charge in [-0.05, 0) is 40.2 Å². The molecular weight excluding hydrogens is 296 g/mol. The fourth-order valence-corrected chi connectivity index (χ4v) is 2.33. The average Bonchev–Trinajstić information content (AvgIpc) is 2.34. The molecule has 0 aliphatic carbocycles. The third-order valence-corrected chi connectivity index (χ3v) is 4.10. The second kappa shape index (κ2) is 8.31. The summed E-state index contributed by atoms with van der Waals surface area (Å²) >= 11 is 0. The summed E-state index contributed by atoms with van der Waals surface area (Å²) in [7, 11) is 0. The summed E-state index contributed by atoms with van der Waals surface area (Å²) in [4.78, 5) is 16.0. The molecule has 0 radical (unpaired) electrons. The first kappa shape index (κ1) is 20.2. The van der Waals surface area contributed by atoms with Gasteiger partial charge in [0.1, 0.15) is 5.60 Å². The van der Waals surface area contributed by atoms with Gasteiger partial charge in [0.25, 0.3) is 0 Å². The van der Waals surface area contributed by atoms with Crippen LogP contribution in [0.15, 0.2) is 0 Å². The van der Waals surface area contributed by atoms with Crippen LogP contribution in [-0.4, -0.2) is 65.3 Å². The molecule has 0 saturated carbocycles. The van der Waals surface area contributed by atoms with Crippen molar-refractivity contribution in [3.63, 3.8) is 0 Å². The molecule has 1 heterocycles. The van der Waals surface area contributed by atoms with E-state index in [0.29, 0.717) is 12.5 Å². The summed E-state index contributed by atoms with van der Waals surface area (Å²) < 4.78 is 11.0. The number of nitrogens with zero attached hydrogens (tertiary/aromatic N) is 2. The summed E-state index contributed by atoms with van der Waals surface area (Å²) in [6.07, 6.45) is -1.96. The molecule has 1 N–H and O–H groups in total. The molecular formula is C17H34N2O4. The fourth-order valence-electron chi connectivity index (χ4n) is 2.33. The molecule has 1 rings (SSSR count). The van der Waals surface area contributed by atoms with Crippen LogP contribution in [0.5, 0.6) is 0 Å². The number of hydrogen-bond donors (Lipinski definition) is 1. The van der Waals surface area contributed by atoms with Gasteiger partial charge in [-0.1, -0.05) is 20.8 Å². The zero-order valence-electron chi connectivity index (χ0n) is 15.7. The van der Waals surface area contributed by atoms with Crippen LogP contribution in [-0.2, 0) is 9.47 Å². The number of likely N-dealkylation sites (tertiary alicyclic amines) is 1. The predicted octanol–water partition coefficient (Wildman–Crippen LogP) is 2.51. The van der Waals surface area contributed by atoms with Crippen molar-refractivity contribution in [3.05, 3.63) is 0 Å². The van der Waals surface area contributed by atoms with Gasteiger partial charge >= 0.3 is 6.09 Å². The Labute approximate surface area is 140 Å². The highest BCUT2D eigenvalue weighted by Gasteiger charge is 2.35. The van der Waals surface area contributed by atoms with Crippen LogP contribution in [0.3, 0.4) is 0 Å². The Bertz CT molecular complexity index is 375. The minimum absolute atomic E-state index is 0.150. The van der Waals surface area contributed by atoms with Gasteiger partial charge < -0.3 is 19.5 Å². The first-order chi connectivity index (χ1) is 10.5. The first-order valence-corrected chi connectivity index (χ1v) is 8.59. The number of hydrogen-bond acceptors (Lipinski definition) is 5. The third-order valence-electron chi connectivity index (χ3n) is 4.10. The van der Waals surface area contributed by atoms with Crippen molar-refractivity contribution in [1.29, 1.82) is 0 Å². The summed E-state index contributed by atoms with van der Waals surface area (Å²) in [5.41, 5.74) is -0.603. The number of ether oxygens (including phenoxy) is 2. The smallest absolute Gasteiger partial charge is 0.414 e. The van der Waals surface area contributed by atoms with Crippen molar-refractivity contribution in [3.8, 4) is 0 Å². The minimum Gasteiger partial charge on any atom is -0.444 e. The monoisotopic (exact) mass is 330 g/mol. The second-order valence-electron chi connectivity index (χ2n) is 7.76. The van der Waals surface area contributed by atoms with Crippen LogP contribution < -0.4 is 0 Å². The maximum atomic E-state index is 12.4. The van der Waals surface area contributed by atoms with E-state index in [9.17, 15) is 9.90 Å². The quantitative estimate of drug-likeness (QED) is 0.727. The van der Waals surface area contributed by atoms with E-state index in [4.69, 9.17) is 9.47 Å². The molecule has 0 bridgehead atoms. The Morgan fingerprint density at radius 1 is 1.30 bits per heavy atom. The Balaban J connectivity index is 2.69. The average molecular weight is 330 g/mol. The molecule has 1 saturated heterocycles. The normalized spacial score (nSPS) is 19.3. The minimum atomic E-state index is -1.28. The molecule has 23 heavy (non-hydrogen) atoms. The molecule has 1 aliphatic rings. The molecule has 1 amide bonds. The molecule has 0 aromatic heterocycles. The Kier molecular flexibility index (Phi) is 7.29. The zero-order chi connectivity index (χ0) is 17.8. The van der Waals surface area contributed by atoms with Crippen molar-refractivity contribution in [1.82, 2.24) is 9.80 Å². The maximum absolute atomic E-state index is 12.4. The lowest BCUT2D eigenvalue weighted by Crippen LogP contribution is -2.55. The standard InChI is InChI=1S/C17H34N2O4/c1-8-18-9-14(10-18)11-19(16(21)23-17(5,6)7)15(20)22-13(4)12(2)3/h12-15,20H,8-11H2,1-7H3. The van der Waals surface area contributed by atoms with Crippen LogP contribution in [0.4, 0.5) is 4.79 Å². The highest BCUT2D eigenvalue weighted by atomic mass is 16.6. The summed E-state index contributed by atoms with van der Waals surface area (Å²) in [5.74, 6) is 0.597. The molecule has 2 atom stereocenters. The predicted molar refractivity (Wildman–Crippen MR) is 89.9 cm³/mol. The van der Waals surface area contributed by atoms with E-state index in [1.165, 1.54) is 4.90 Å². The van der Waals surface area contributed by atoms with Crippen molar-refractivity contribution in [2.24, 2.45) is 11.8 Å². The van der Waals surface area contributed by atoms with Crippen molar-refractivity contribution >= 4 is 6.09 Å². The molecule has 0 spiro atoms. The Morgan fingerprint density at radius 2 is 1.87 bits per heavy atom. The number of rotatable bonds is 7. The van der Waals surface area contributed by atoms with Crippen LogP contribution >= 0.6 is 0 Å². The highest BCUT2D eigenvalue weighted by Crippen LogP contribution is 2.21. The van der Waals surface area contributed by atoms with Crippen LogP contribution in [0.25, 0.3) is 0 Å². The Morgan fingerprint density at radius 3 is 2.30 bits per heavy atom. The number of carbonyl (C=O) groups excluding carboxylic acids is 1. The van der Waals surface area contributed by atoms with Gasteiger partial charge in [-0.3, -0.25) is 4.90 Å². The molecule has 0 aromatic rings. The highest BCUT2D eigenvalue weighted by molar-refractivity contribution is 5.68. The van der Waals surface area contributed by atoms with Crippen molar-refractivity contribution in [2.75, 3.05) is 26.2 Å². The van der Waals surface area contributed by atoms with Gasteiger partial charge in [-0.25, -0.2) is 4.79 Å². The number of aliphatic hydroxyl groups is 1. The fraction of sp³-hybridized carbons (Fsp3) is 0.941. The van der Waals surface area contributed by atoms with Crippen molar-refractivity contribution in [2.45, 2.75) is 66.6 Å². The number of aliphatic hydroxyl groups excluding tert-OH is 1. The van der Waals surface area contributed by atoms with Crippen LogP contribution in [0.1, 0.15) is 48.5 Å². The molecule has 2 unspecified atom stereocenters. The maximum Gasteiger partial charge on any atom is 0.414 e. The van der Waals surface area contributed by atoms with E-state index in [-0.39, 0.29) is 12.0 Å². The first-order valence-electron chi connectivity index (χ1n) is 8.59. The molecule has 1 aliphatic heterocycles. The van der Waals surface area contributed by atoms with Gasteiger partial charge in [-0.2, -0.15) is 0 Å². The molecule has 136 valence electrons. The largest absolute Gasteiger partial charge is 0.444 e. The van der Waals surface area contributed by atoms with E-state index in [1.54, 1.807) is 0 Å². The summed E-state index contributed by atoms with van der Waals surface area (Å²) in [6.45, 7) is 16.8. The van der Waals surface area contributed by atoms with Crippen LogP contribution in [0.2, 0.25) is 0 Å². The molecule has 0 aromatic carbocycles. The lowest BCUT2D eigenvalue weighted by atomic mass is 10.00.